The largest absolute Gasteiger partial charge is 0.353 e. The van der Waals surface area contributed by atoms with Crippen LogP contribution in [0.4, 0.5) is 5.82 Å². The monoisotopic (exact) mass is 326 g/mol. The maximum absolute atomic E-state index is 6.22. The highest BCUT2D eigenvalue weighted by Gasteiger charge is 2.16. The van der Waals surface area contributed by atoms with Crippen molar-refractivity contribution in [2.75, 3.05) is 31.1 Å². The smallest absolute Gasteiger partial charge is 0.128 e. The van der Waals surface area contributed by atoms with Gasteiger partial charge in [-0.1, -0.05) is 48.0 Å². The summed E-state index contributed by atoms with van der Waals surface area (Å²) in [6.45, 7) is 3.55. The number of hydrazone groups is 1. The van der Waals surface area contributed by atoms with Crippen LogP contribution in [0.15, 0.2) is 64.9 Å². The molecular weight excluding hydrogens is 308 g/mol. The number of nitrogens with zero attached hydrogens (tertiary/aromatic N) is 4. The number of hydrogen-bond donors (Lipinski definition) is 0. The third-order valence-corrected chi connectivity index (χ3v) is 3.88. The van der Waals surface area contributed by atoms with Gasteiger partial charge in [0.25, 0.3) is 0 Å². The van der Waals surface area contributed by atoms with Crippen molar-refractivity contribution in [2.45, 2.75) is 0 Å². The average molecular weight is 327 g/mol. The molecule has 3 rings (SSSR count). The van der Waals surface area contributed by atoms with Gasteiger partial charge in [-0.3, -0.25) is 5.01 Å². The van der Waals surface area contributed by atoms with E-state index in [0.717, 1.165) is 37.6 Å². The van der Waals surface area contributed by atoms with E-state index >= 15 is 0 Å². The highest BCUT2D eigenvalue weighted by Crippen LogP contribution is 2.13. The number of allylic oxidation sites excluding steroid dienone is 1. The summed E-state index contributed by atoms with van der Waals surface area (Å²) in [6, 6.07) is 16.0. The van der Waals surface area contributed by atoms with Crippen LogP contribution in [0.3, 0.4) is 0 Å². The number of piperazine rings is 1. The summed E-state index contributed by atoms with van der Waals surface area (Å²) in [4.78, 5) is 6.66. The lowest BCUT2D eigenvalue weighted by Crippen LogP contribution is -2.44. The van der Waals surface area contributed by atoms with Gasteiger partial charge >= 0.3 is 0 Å². The van der Waals surface area contributed by atoms with Crippen LogP contribution in [-0.2, 0) is 0 Å². The number of benzene rings is 1. The Morgan fingerprint density at radius 3 is 2.43 bits per heavy atom. The molecule has 0 unspecified atom stereocenters. The number of rotatable bonds is 4. The van der Waals surface area contributed by atoms with Gasteiger partial charge < -0.3 is 4.90 Å². The van der Waals surface area contributed by atoms with Gasteiger partial charge in [-0.05, 0) is 23.8 Å². The van der Waals surface area contributed by atoms with E-state index in [0.29, 0.717) is 5.03 Å². The number of pyridine rings is 1. The van der Waals surface area contributed by atoms with Crippen LogP contribution in [0.1, 0.15) is 5.56 Å². The van der Waals surface area contributed by atoms with E-state index in [9.17, 15) is 0 Å². The lowest BCUT2D eigenvalue weighted by Gasteiger charge is -2.33. The van der Waals surface area contributed by atoms with E-state index in [1.54, 1.807) is 6.21 Å². The molecule has 0 saturated carbocycles. The van der Waals surface area contributed by atoms with Gasteiger partial charge in [-0.25, -0.2) is 4.98 Å². The molecule has 118 valence electrons. The molecule has 1 aromatic heterocycles. The molecule has 5 heteroatoms. The second-order valence-corrected chi connectivity index (χ2v) is 5.75. The number of hydrogen-bond acceptors (Lipinski definition) is 4. The fourth-order valence-corrected chi connectivity index (χ4v) is 2.63. The van der Waals surface area contributed by atoms with Gasteiger partial charge in [0.1, 0.15) is 5.82 Å². The van der Waals surface area contributed by atoms with E-state index in [-0.39, 0.29) is 0 Å². The maximum atomic E-state index is 6.22. The minimum atomic E-state index is 0.628. The van der Waals surface area contributed by atoms with Gasteiger partial charge in [0.05, 0.1) is 24.3 Å². The molecule has 1 saturated heterocycles. The molecule has 1 fully saturated rings. The predicted molar refractivity (Wildman–Crippen MR) is 96.8 cm³/mol. The Morgan fingerprint density at radius 2 is 1.74 bits per heavy atom. The summed E-state index contributed by atoms with van der Waals surface area (Å²) in [5, 5.41) is 7.14. The second-order valence-electron chi connectivity index (χ2n) is 5.31. The Morgan fingerprint density at radius 1 is 1.00 bits per heavy atom. The highest BCUT2D eigenvalue weighted by molar-refractivity contribution is 6.41. The first-order valence-electron chi connectivity index (χ1n) is 7.68. The summed E-state index contributed by atoms with van der Waals surface area (Å²) in [5.41, 5.74) is 1.07. The fourth-order valence-electron chi connectivity index (χ4n) is 2.46. The summed E-state index contributed by atoms with van der Waals surface area (Å²) in [7, 11) is 0. The van der Waals surface area contributed by atoms with E-state index in [2.05, 4.69) is 15.0 Å². The van der Waals surface area contributed by atoms with E-state index in [4.69, 9.17) is 11.6 Å². The molecule has 4 nitrogen and oxygen atoms in total. The normalized spacial score (nSPS) is 16.1. The van der Waals surface area contributed by atoms with Crippen molar-refractivity contribution in [3.63, 3.8) is 0 Å². The topological polar surface area (TPSA) is 31.7 Å². The lowest BCUT2D eigenvalue weighted by molar-refractivity contribution is 0.271. The first-order valence-corrected chi connectivity index (χ1v) is 8.06. The van der Waals surface area contributed by atoms with Gasteiger partial charge in [-0.2, -0.15) is 5.10 Å². The first kappa shape index (κ1) is 15.6. The summed E-state index contributed by atoms with van der Waals surface area (Å²) in [5.74, 6) is 1.03. The Balaban J connectivity index is 1.53. The number of anilines is 1. The third-order valence-electron chi connectivity index (χ3n) is 3.68. The molecule has 0 spiro atoms. The van der Waals surface area contributed by atoms with E-state index in [1.807, 2.05) is 65.8 Å². The summed E-state index contributed by atoms with van der Waals surface area (Å²) >= 11 is 6.22. The number of aromatic nitrogens is 1. The second kappa shape index (κ2) is 7.79. The van der Waals surface area contributed by atoms with Crippen LogP contribution in [-0.4, -0.2) is 42.4 Å². The zero-order valence-corrected chi connectivity index (χ0v) is 13.6. The minimum Gasteiger partial charge on any atom is -0.353 e. The molecule has 1 aromatic carbocycles. The zero-order valence-electron chi connectivity index (χ0n) is 12.8. The Labute approximate surface area is 141 Å². The van der Waals surface area contributed by atoms with Gasteiger partial charge in [0.2, 0.25) is 0 Å². The molecule has 0 bridgehead atoms. The van der Waals surface area contributed by atoms with Gasteiger partial charge in [-0.15, -0.1) is 0 Å². The number of halogens is 1. The SMILES string of the molecule is ClC(=C\c1ccccc1)/C=N/N1CCN(c2ccccn2)CC1. The van der Waals surface area contributed by atoms with Crippen LogP contribution in [0.25, 0.3) is 6.08 Å². The molecule has 2 heterocycles. The molecule has 0 radical (unpaired) electrons. The van der Waals surface area contributed by atoms with E-state index in [1.165, 1.54) is 0 Å². The van der Waals surface area contributed by atoms with Crippen molar-refractivity contribution in [3.05, 3.63) is 65.3 Å². The predicted octanol–water partition coefficient (Wildman–Crippen LogP) is 3.47. The molecular formula is C18H19ClN4. The van der Waals surface area contributed by atoms with Crippen LogP contribution >= 0.6 is 11.6 Å². The van der Waals surface area contributed by atoms with Gasteiger partial charge in [0.15, 0.2) is 0 Å². The standard InChI is InChI=1S/C18H19ClN4/c19-17(14-16-6-2-1-3-7-16)15-21-23-12-10-22(11-13-23)18-8-4-5-9-20-18/h1-9,14-15H,10-13H2/b17-14-,21-15+. The van der Waals surface area contributed by atoms with Crippen LogP contribution in [0, 0.1) is 0 Å². The maximum Gasteiger partial charge on any atom is 0.128 e. The Hall–Kier alpha value is -2.33. The molecule has 1 aliphatic rings. The third kappa shape index (κ3) is 4.57. The molecule has 2 aromatic rings. The van der Waals surface area contributed by atoms with Gasteiger partial charge in [0, 0.05) is 19.3 Å². The lowest BCUT2D eigenvalue weighted by atomic mass is 10.2. The van der Waals surface area contributed by atoms with Crippen molar-refractivity contribution in [3.8, 4) is 0 Å². The van der Waals surface area contributed by atoms with Crippen LogP contribution < -0.4 is 4.90 Å². The van der Waals surface area contributed by atoms with Crippen molar-refractivity contribution < 1.29 is 0 Å². The van der Waals surface area contributed by atoms with Crippen molar-refractivity contribution in [2.24, 2.45) is 5.10 Å². The molecule has 1 aliphatic heterocycles. The highest BCUT2D eigenvalue weighted by atomic mass is 35.5. The molecule has 23 heavy (non-hydrogen) atoms. The summed E-state index contributed by atoms with van der Waals surface area (Å²) < 4.78 is 0. The zero-order chi connectivity index (χ0) is 15.9. The Kier molecular flexibility index (Phi) is 5.27. The van der Waals surface area contributed by atoms with Crippen molar-refractivity contribution in [1.29, 1.82) is 0 Å². The summed E-state index contributed by atoms with van der Waals surface area (Å²) in [6.07, 6.45) is 5.45. The van der Waals surface area contributed by atoms with Crippen LogP contribution in [0.5, 0.6) is 0 Å². The molecule has 0 aliphatic carbocycles. The quantitative estimate of drug-likeness (QED) is 0.806. The average Bonchev–Trinajstić information content (AvgIpc) is 2.62. The minimum absolute atomic E-state index is 0.628. The van der Waals surface area contributed by atoms with Crippen LogP contribution in [0.2, 0.25) is 0 Å². The van der Waals surface area contributed by atoms with Crippen molar-refractivity contribution >= 4 is 29.7 Å². The first-order chi connectivity index (χ1) is 11.3. The van der Waals surface area contributed by atoms with Crippen molar-refractivity contribution in [1.82, 2.24) is 9.99 Å². The van der Waals surface area contributed by atoms with E-state index < -0.39 is 0 Å². The molecule has 0 amide bonds. The molecule has 0 N–H and O–H groups in total. The Bertz CT molecular complexity index is 662. The molecule has 0 atom stereocenters. The fraction of sp³-hybridized carbons (Fsp3) is 0.222.